The van der Waals surface area contributed by atoms with Crippen LogP contribution in [0.15, 0.2) is 24.3 Å². The van der Waals surface area contributed by atoms with E-state index in [0.717, 1.165) is 12.8 Å². The Morgan fingerprint density at radius 1 is 1.20 bits per heavy atom. The molecule has 0 radical (unpaired) electrons. The number of fused-ring (bicyclic) bond motifs is 1. The average Bonchev–Trinajstić information content (AvgIpc) is 3.48. The summed E-state index contributed by atoms with van der Waals surface area (Å²) < 4.78 is 28.5. The smallest absolute Gasteiger partial charge is 0.166 e. The quantitative estimate of drug-likeness (QED) is 0.514. The molecule has 1 fully saturated rings. The number of nitrogens with one attached hydrogen (secondary N) is 1. The van der Waals surface area contributed by atoms with Crippen molar-refractivity contribution in [1.82, 2.24) is 15.0 Å². The van der Waals surface area contributed by atoms with Crippen molar-refractivity contribution in [2.75, 3.05) is 5.32 Å². The van der Waals surface area contributed by atoms with Crippen LogP contribution in [0.2, 0.25) is 5.15 Å². The molecule has 8 heteroatoms. The van der Waals surface area contributed by atoms with Gasteiger partial charge in [-0.15, -0.1) is 0 Å². The number of rotatable bonds is 5. The minimum atomic E-state index is -1.41. The van der Waals surface area contributed by atoms with E-state index in [1.165, 1.54) is 13.0 Å². The molecule has 2 heterocycles. The van der Waals surface area contributed by atoms with Crippen LogP contribution in [0.4, 0.5) is 14.6 Å². The molecule has 0 amide bonds. The highest BCUT2D eigenvalue weighted by Crippen LogP contribution is 2.50. The fraction of sp³-hybridized carbons (Fsp3) is 0.364. The molecule has 2 atom stereocenters. The first-order valence-corrected chi connectivity index (χ1v) is 10.1. The average molecular weight is 428 g/mol. The topological polar surface area (TPSA) is 74.5 Å². The standard InChI is InChI=1S/C22H20ClF2N5/c1-11(24)14-5-4-6-15(18(14)25)12(2)27-20-16-9-17(22(10-26)7-8-22)19(23)30-21(16)29-13(3)28-20/h4-6,9,11-12H,7-8H2,1-3H3,(H,27,28,29,30)/t11?,12-/m1/s1. The lowest BCUT2D eigenvalue weighted by atomic mass is 9.98. The van der Waals surface area contributed by atoms with Gasteiger partial charge in [0, 0.05) is 16.7 Å². The number of hydrogen-bond acceptors (Lipinski definition) is 5. The zero-order chi connectivity index (χ0) is 21.6. The van der Waals surface area contributed by atoms with Crippen molar-refractivity contribution in [3.8, 4) is 6.07 Å². The Hall–Kier alpha value is -2.85. The largest absolute Gasteiger partial charge is 0.363 e. The van der Waals surface area contributed by atoms with E-state index in [0.29, 0.717) is 33.8 Å². The summed E-state index contributed by atoms with van der Waals surface area (Å²) in [5, 5.41) is 13.6. The van der Waals surface area contributed by atoms with Gasteiger partial charge in [-0.3, -0.25) is 0 Å². The van der Waals surface area contributed by atoms with Crippen LogP contribution in [0.1, 0.15) is 61.4 Å². The van der Waals surface area contributed by atoms with Gasteiger partial charge in [-0.05, 0) is 39.7 Å². The molecule has 2 aromatic heterocycles. The minimum Gasteiger partial charge on any atom is -0.363 e. The molecule has 1 saturated carbocycles. The van der Waals surface area contributed by atoms with Crippen LogP contribution < -0.4 is 5.32 Å². The van der Waals surface area contributed by atoms with Crippen molar-refractivity contribution in [3.63, 3.8) is 0 Å². The van der Waals surface area contributed by atoms with E-state index in [1.807, 2.05) is 0 Å². The molecule has 30 heavy (non-hydrogen) atoms. The third-order valence-electron chi connectivity index (χ3n) is 5.54. The first kappa shape index (κ1) is 20.4. The number of anilines is 1. The molecule has 3 aromatic rings. The van der Waals surface area contributed by atoms with Crippen LogP contribution in [0, 0.1) is 24.1 Å². The molecule has 4 rings (SSSR count). The molecule has 154 valence electrons. The van der Waals surface area contributed by atoms with Crippen molar-refractivity contribution < 1.29 is 8.78 Å². The summed E-state index contributed by atoms with van der Waals surface area (Å²) in [6.07, 6.45) is 0.0394. The highest BCUT2D eigenvalue weighted by atomic mass is 35.5. The lowest BCUT2D eigenvalue weighted by molar-refractivity contribution is 0.360. The molecule has 0 aliphatic heterocycles. The van der Waals surface area contributed by atoms with Crippen LogP contribution in [0.25, 0.3) is 11.0 Å². The third kappa shape index (κ3) is 3.46. The predicted molar refractivity (Wildman–Crippen MR) is 112 cm³/mol. The zero-order valence-corrected chi connectivity index (χ0v) is 17.6. The van der Waals surface area contributed by atoms with Crippen LogP contribution in [0.5, 0.6) is 0 Å². The molecule has 1 aromatic carbocycles. The first-order chi connectivity index (χ1) is 14.3. The van der Waals surface area contributed by atoms with Gasteiger partial charge in [0.1, 0.15) is 28.8 Å². The number of nitriles is 1. The van der Waals surface area contributed by atoms with Crippen LogP contribution >= 0.6 is 11.6 Å². The summed E-state index contributed by atoms with van der Waals surface area (Å²) in [6.45, 7) is 4.81. The Balaban J connectivity index is 1.78. The van der Waals surface area contributed by atoms with Crippen LogP contribution in [0.3, 0.4) is 0 Å². The summed E-state index contributed by atoms with van der Waals surface area (Å²) in [4.78, 5) is 13.2. The maximum Gasteiger partial charge on any atom is 0.166 e. The van der Waals surface area contributed by atoms with E-state index < -0.39 is 23.4 Å². The van der Waals surface area contributed by atoms with Gasteiger partial charge in [0.2, 0.25) is 0 Å². The van der Waals surface area contributed by atoms with E-state index in [-0.39, 0.29) is 10.7 Å². The van der Waals surface area contributed by atoms with E-state index in [2.05, 4.69) is 26.3 Å². The molecule has 1 unspecified atom stereocenters. The molecule has 0 spiro atoms. The molecular weight excluding hydrogens is 408 g/mol. The van der Waals surface area contributed by atoms with Gasteiger partial charge in [0.15, 0.2) is 5.65 Å². The van der Waals surface area contributed by atoms with E-state index in [1.54, 1.807) is 32.0 Å². The van der Waals surface area contributed by atoms with Crippen molar-refractivity contribution in [2.24, 2.45) is 0 Å². The summed E-state index contributed by atoms with van der Waals surface area (Å²) in [5.41, 5.74) is 0.779. The van der Waals surface area contributed by atoms with Gasteiger partial charge in [-0.25, -0.2) is 23.7 Å². The molecular formula is C22H20ClF2N5. The minimum absolute atomic E-state index is 0.0188. The Kier molecular flexibility index (Phi) is 5.07. The van der Waals surface area contributed by atoms with Crippen molar-refractivity contribution in [1.29, 1.82) is 5.26 Å². The summed E-state index contributed by atoms with van der Waals surface area (Å²) >= 11 is 6.35. The fourth-order valence-corrected chi connectivity index (χ4v) is 3.96. The van der Waals surface area contributed by atoms with Crippen molar-refractivity contribution >= 4 is 28.5 Å². The van der Waals surface area contributed by atoms with Crippen molar-refractivity contribution in [2.45, 2.75) is 51.2 Å². The zero-order valence-electron chi connectivity index (χ0n) is 16.8. The molecule has 1 N–H and O–H groups in total. The number of hydrogen-bond donors (Lipinski definition) is 1. The molecule has 1 aliphatic rings. The van der Waals surface area contributed by atoms with Gasteiger partial charge in [0.05, 0.1) is 22.9 Å². The highest BCUT2D eigenvalue weighted by molar-refractivity contribution is 6.30. The maximum atomic E-state index is 14.8. The highest BCUT2D eigenvalue weighted by Gasteiger charge is 2.47. The monoisotopic (exact) mass is 427 g/mol. The lowest BCUT2D eigenvalue weighted by Gasteiger charge is -2.19. The van der Waals surface area contributed by atoms with Gasteiger partial charge in [-0.1, -0.05) is 29.8 Å². The van der Waals surface area contributed by atoms with Crippen LogP contribution in [-0.2, 0) is 5.41 Å². The number of alkyl halides is 1. The van der Waals surface area contributed by atoms with E-state index in [9.17, 15) is 14.0 Å². The first-order valence-electron chi connectivity index (χ1n) is 9.71. The number of halogens is 3. The Bertz CT molecular complexity index is 1180. The number of pyridine rings is 1. The second-order valence-electron chi connectivity index (χ2n) is 7.74. The molecule has 0 saturated heterocycles. The van der Waals surface area contributed by atoms with Gasteiger partial charge >= 0.3 is 0 Å². The second-order valence-corrected chi connectivity index (χ2v) is 8.10. The summed E-state index contributed by atoms with van der Waals surface area (Å²) in [5.74, 6) is 0.356. The van der Waals surface area contributed by atoms with Gasteiger partial charge in [0.25, 0.3) is 0 Å². The van der Waals surface area contributed by atoms with Gasteiger partial charge in [-0.2, -0.15) is 5.26 Å². The second kappa shape index (κ2) is 7.44. The molecule has 0 bridgehead atoms. The van der Waals surface area contributed by atoms with Crippen LogP contribution in [-0.4, -0.2) is 15.0 Å². The normalized spacial score (nSPS) is 16.7. The molecule has 1 aliphatic carbocycles. The number of benzene rings is 1. The number of aryl methyl sites for hydroxylation is 1. The van der Waals surface area contributed by atoms with Crippen molar-refractivity contribution in [3.05, 3.63) is 57.8 Å². The Labute approximate surface area is 178 Å². The Morgan fingerprint density at radius 2 is 1.90 bits per heavy atom. The van der Waals surface area contributed by atoms with Gasteiger partial charge < -0.3 is 5.32 Å². The molecule has 5 nitrogen and oxygen atoms in total. The maximum absolute atomic E-state index is 14.8. The summed E-state index contributed by atoms with van der Waals surface area (Å²) in [7, 11) is 0. The lowest BCUT2D eigenvalue weighted by Crippen LogP contribution is -2.13. The fourth-order valence-electron chi connectivity index (χ4n) is 3.65. The SMILES string of the molecule is Cc1nc(N[C@H](C)c2cccc(C(C)F)c2F)c2cc(C3(C#N)CC3)c(Cl)nc2n1. The van der Waals surface area contributed by atoms with E-state index >= 15 is 0 Å². The number of nitrogens with zero attached hydrogens (tertiary/aromatic N) is 4. The summed E-state index contributed by atoms with van der Waals surface area (Å²) in [6, 6.07) is 8.32. The predicted octanol–water partition coefficient (Wildman–Crippen LogP) is 5.88. The Morgan fingerprint density at radius 3 is 2.53 bits per heavy atom. The third-order valence-corrected chi connectivity index (χ3v) is 5.83. The van der Waals surface area contributed by atoms with E-state index in [4.69, 9.17) is 11.6 Å². The number of aromatic nitrogens is 3.